The molecule has 19 heavy (non-hydrogen) atoms. The van der Waals surface area contributed by atoms with Crippen molar-refractivity contribution < 1.29 is 14.7 Å². The Morgan fingerprint density at radius 1 is 1.58 bits per heavy atom. The lowest BCUT2D eigenvalue weighted by molar-refractivity contribution is -0.138. The molecule has 1 aromatic heterocycles. The number of nitrogens with zero attached hydrogens (tertiary/aromatic N) is 1. The zero-order valence-corrected chi connectivity index (χ0v) is 11.7. The molecular formula is C14H17NO3S. The number of hydrogen-bond donors (Lipinski definition) is 1. The predicted molar refractivity (Wildman–Crippen MR) is 74.8 cm³/mol. The molecular weight excluding hydrogens is 262 g/mol. The quantitative estimate of drug-likeness (QED) is 0.862. The maximum Gasteiger partial charge on any atom is 0.328 e. The van der Waals surface area contributed by atoms with Crippen LogP contribution in [-0.2, 0) is 16.1 Å². The third-order valence-electron chi connectivity index (χ3n) is 3.22. The van der Waals surface area contributed by atoms with Gasteiger partial charge in [-0.3, -0.25) is 4.79 Å². The van der Waals surface area contributed by atoms with Crippen molar-refractivity contribution in [3.63, 3.8) is 0 Å². The molecule has 1 unspecified atom stereocenters. The van der Waals surface area contributed by atoms with E-state index in [-0.39, 0.29) is 11.8 Å². The molecule has 0 aliphatic carbocycles. The van der Waals surface area contributed by atoms with Crippen LogP contribution in [0, 0.1) is 5.92 Å². The van der Waals surface area contributed by atoms with Gasteiger partial charge in [-0.2, -0.15) is 0 Å². The van der Waals surface area contributed by atoms with Crippen LogP contribution >= 0.6 is 11.3 Å². The van der Waals surface area contributed by atoms with Crippen LogP contribution in [0.4, 0.5) is 0 Å². The number of carbonyl (C=O) groups is 2. The van der Waals surface area contributed by atoms with Gasteiger partial charge in [0, 0.05) is 28.3 Å². The summed E-state index contributed by atoms with van der Waals surface area (Å²) in [6.45, 7) is 3.43. The minimum atomic E-state index is -0.949. The van der Waals surface area contributed by atoms with Gasteiger partial charge in [0.25, 0.3) is 0 Å². The van der Waals surface area contributed by atoms with Gasteiger partial charge in [-0.1, -0.05) is 6.92 Å². The van der Waals surface area contributed by atoms with Crippen LogP contribution < -0.4 is 0 Å². The van der Waals surface area contributed by atoms with Gasteiger partial charge in [0.05, 0.1) is 6.54 Å². The number of aliphatic carboxylic acids is 1. The molecule has 1 aromatic rings. The smallest absolute Gasteiger partial charge is 0.328 e. The van der Waals surface area contributed by atoms with E-state index in [1.807, 2.05) is 24.0 Å². The Labute approximate surface area is 116 Å². The highest BCUT2D eigenvalue weighted by Gasteiger charge is 2.25. The SMILES string of the molecule is CC1CCCN(Cc2ccc(/C=C/C(=O)O)s2)C1=O. The summed E-state index contributed by atoms with van der Waals surface area (Å²) in [4.78, 5) is 26.3. The molecule has 1 N–H and O–H groups in total. The number of amides is 1. The molecule has 2 rings (SSSR count). The van der Waals surface area contributed by atoms with Crippen LogP contribution in [0.2, 0.25) is 0 Å². The fourth-order valence-electron chi connectivity index (χ4n) is 2.20. The zero-order chi connectivity index (χ0) is 13.8. The molecule has 1 amide bonds. The van der Waals surface area contributed by atoms with E-state index >= 15 is 0 Å². The van der Waals surface area contributed by atoms with E-state index in [1.165, 1.54) is 11.3 Å². The van der Waals surface area contributed by atoms with Crippen LogP contribution in [0.3, 0.4) is 0 Å². The molecule has 1 aliphatic rings. The average Bonchev–Trinajstić information content (AvgIpc) is 2.80. The van der Waals surface area contributed by atoms with Crippen LogP contribution in [0.5, 0.6) is 0 Å². The Balaban J connectivity index is 1.99. The molecule has 4 nitrogen and oxygen atoms in total. The highest BCUT2D eigenvalue weighted by atomic mass is 32.1. The summed E-state index contributed by atoms with van der Waals surface area (Å²) in [5.74, 6) is -0.600. The summed E-state index contributed by atoms with van der Waals surface area (Å²) in [6, 6.07) is 3.84. The van der Waals surface area contributed by atoms with Crippen molar-refractivity contribution in [1.82, 2.24) is 4.90 Å². The van der Waals surface area contributed by atoms with E-state index in [0.29, 0.717) is 6.54 Å². The van der Waals surface area contributed by atoms with Gasteiger partial charge in [0.1, 0.15) is 0 Å². The van der Waals surface area contributed by atoms with Gasteiger partial charge in [-0.25, -0.2) is 4.79 Å². The van der Waals surface area contributed by atoms with Crippen molar-refractivity contribution in [2.75, 3.05) is 6.54 Å². The lowest BCUT2D eigenvalue weighted by Crippen LogP contribution is -2.39. The molecule has 2 heterocycles. The largest absolute Gasteiger partial charge is 0.478 e. The van der Waals surface area contributed by atoms with Gasteiger partial charge in [-0.15, -0.1) is 11.3 Å². The fourth-order valence-corrected chi connectivity index (χ4v) is 3.13. The predicted octanol–water partition coefficient (Wildman–Crippen LogP) is 2.60. The van der Waals surface area contributed by atoms with Crippen molar-refractivity contribution in [3.8, 4) is 0 Å². The normalized spacial score (nSPS) is 20.2. The van der Waals surface area contributed by atoms with E-state index in [9.17, 15) is 9.59 Å². The Kier molecular flexibility index (Phi) is 4.37. The molecule has 0 bridgehead atoms. The van der Waals surface area contributed by atoms with Gasteiger partial charge in [0.2, 0.25) is 5.91 Å². The molecule has 1 fully saturated rings. The van der Waals surface area contributed by atoms with Gasteiger partial charge >= 0.3 is 5.97 Å². The van der Waals surface area contributed by atoms with Gasteiger partial charge in [-0.05, 0) is 31.1 Å². The van der Waals surface area contributed by atoms with Gasteiger partial charge < -0.3 is 10.0 Å². The molecule has 0 spiro atoms. The lowest BCUT2D eigenvalue weighted by atomic mass is 9.99. The molecule has 0 saturated carbocycles. The Morgan fingerprint density at radius 2 is 2.37 bits per heavy atom. The fraction of sp³-hybridized carbons (Fsp3) is 0.429. The van der Waals surface area contributed by atoms with Crippen molar-refractivity contribution in [1.29, 1.82) is 0 Å². The Hall–Kier alpha value is -1.62. The summed E-state index contributed by atoms with van der Waals surface area (Å²) in [7, 11) is 0. The first-order valence-corrected chi connectivity index (χ1v) is 7.16. The second kappa shape index (κ2) is 6.02. The Bertz CT molecular complexity index is 507. The number of carboxylic acid groups (broad SMARTS) is 1. The van der Waals surface area contributed by atoms with Gasteiger partial charge in [0.15, 0.2) is 0 Å². The maximum absolute atomic E-state index is 12.0. The second-order valence-corrected chi connectivity index (χ2v) is 5.98. The standard InChI is InChI=1S/C14H17NO3S/c1-10-3-2-8-15(14(10)18)9-12-5-4-11(19-12)6-7-13(16)17/h4-7,10H,2-3,8-9H2,1H3,(H,16,17)/b7-6+. The number of carbonyl (C=O) groups excluding carboxylic acids is 1. The molecule has 5 heteroatoms. The van der Waals surface area contributed by atoms with Crippen LogP contribution in [-0.4, -0.2) is 28.4 Å². The van der Waals surface area contributed by atoms with Crippen molar-refractivity contribution in [3.05, 3.63) is 28.0 Å². The third kappa shape index (κ3) is 3.67. The van der Waals surface area contributed by atoms with Crippen molar-refractivity contribution in [2.45, 2.75) is 26.3 Å². The van der Waals surface area contributed by atoms with Crippen LogP contribution in [0.1, 0.15) is 29.5 Å². The minimum Gasteiger partial charge on any atom is -0.478 e. The number of rotatable bonds is 4. The summed E-state index contributed by atoms with van der Waals surface area (Å²) in [5, 5.41) is 8.57. The molecule has 0 aromatic carbocycles. The first kappa shape index (κ1) is 13.8. The topological polar surface area (TPSA) is 57.6 Å². The molecule has 1 atom stereocenters. The highest BCUT2D eigenvalue weighted by Crippen LogP contribution is 2.23. The maximum atomic E-state index is 12.0. The number of piperidine rings is 1. The summed E-state index contributed by atoms with van der Waals surface area (Å²) in [6.07, 6.45) is 4.75. The van der Waals surface area contributed by atoms with Crippen LogP contribution in [0.25, 0.3) is 6.08 Å². The number of likely N-dealkylation sites (tertiary alicyclic amines) is 1. The van der Waals surface area contributed by atoms with E-state index in [0.717, 1.165) is 35.2 Å². The highest BCUT2D eigenvalue weighted by molar-refractivity contribution is 7.12. The van der Waals surface area contributed by atoms with E-state index in [2.05, 4.69) is 0 Å². The molecule has 1 aliphatic heterocycles. The Morgan fingerprint density at radius 3 is 3.11 bits per heavy atom. The van der Waals surface area contributed by atoms with Crippen LogP contribution in [0.15, 0.2) is 18.2 Å². The third-order valence-corrected chi connectivity index (χ3v) is 4.25. The summed E-state index contributed by atoms with van der Waals surface area (Å²) >= 11 is 1.53. The monoisotopic (exact) mass is 279 g/mol. The molecule has 102 valence electrons. The van der Waals surface area contributed by atoms with Crippen molar-refractivity contribution >= 4 is 29.3 Å². The average molecular weight is 279 g/mol. The van der Waals surface area contributed by atoms with E-state index < -0.39 is 5.97 Å². The zero-order valence-electron chi connectivity index (χ0n) is 10.8. The summed E-state index contributed by atoms with van der Waals surface area (Å²) < 4.78 is 0. The number of hydrogen-bond acceptors (Lipinski definition) is 3. The molecule has 0 radical (unpaired) electrons. The first-order valence-electron chi connectivity index (χ1n) is 6.35. The lowest BCUT2D eigenvalue weighted by Gasteiger charge is -2.30. The number of thiophene rings is 1. The molecule has 1 saturated heterocycles. The number of carboxylic acids is 1. The van der Waals surface area contributed by atoms with Crippen molar-refractivity contribution in [2.24, 2.45) is 5.92 Å². The first-order chi connectivity index (χ1) is 9.06. The minimum absolute atomic E-state index is 0.125. The van der Waals surface area contributed by atoms with E-state index in [1.54, 1.807) is 6.08 Å². The summed E-state index contributed by atoms with van der Waals surface area (Å²) in [5.41, 5.74) is 0. The van der Waals surface area contributed by atoms with E-state index in [4.69, 9.17) is 5.11 Å². The second-order valence-electron chi connectivity index (χ2n) is 4.78.